The SMILES string of the molecule is CN1CCN(CCCCCCCN)CC1. The average Bonchev–Trinajstić information content (AvgIpc) is 2.26. The zero-order valence-corrected chi connectivity index (χ0v) is 10.2. The van der Waals surface area contributed by atoms with E-state index in [1.54, 1.807) is 0 Å². The first-order chi connectivity index (χ1) is 7.33. The minimum Gasteiger partial charge on any atom is -0.330 e. The van der Waals surface area contributed by atoms with Gasteiger partial charge in [0.05, 0.1) is 0 Å². The van der Waals surface area contributed by atoms with E-state index in [4.69, 9.17) is 5.73 Å². The molecule has 0 aliphatic carbocycles. The van der Waals surface area contributed by atoms with Crippen LogP contribution in [0.15, 0.2) is 0 Å². The standard InChI is InChI=1S/C12H27N3/c1-14-9-11-15(12-10-14)8-6-4-2-3-5-7-13/h2-13H2,1H3. The fraction of sp³-hybridized carbons (Fsp3) is 1.00. The molecule has 1 heterocycles. The van der Waals surface area contributed by atoms with Crippen molar-refractivity contribution in [1.82, 2.24) is 9.80 Å². The number of unbranched alkanes of at least 4 members (excludes halogenated alkanes) is 4. The molecule has 0 bridgehead atoms. The van der Waals surface area contributed by atoms with Crippen LogP contribution >= 0.6 is 0 Å². The monoisotopic (exact) mass is 213 g/mol. The molecule has 0 aromatic rings. The van der Waals surface area contributed by atoms with Gasteiger partial charge in [0.25, 0.3) is 0 Å². The van der Waals surface area contributed by atoms with Crippen molar-refractivity contribution in [3.63, 3.8) is 0 Å². The number of hydrogen-bond acceptors (Lipinski definition) is 3. The summed E-state index contributed by atoms with van der Waals surface area (Å²) in [4.78, 5) is 5.01. The van der Waals surface area contributed by atoms with Crippen molar-refractivity contribution >= 4 is 0 Å². The lowest BCUT2D eigenvalue weighted by atomic mass is 10.1. The quantitative estimate of drug-likeness (QED) is 0.644. The molecule has 2 N–H and O–H groups in total. The molecule has 3 nitrogen and oxygen atoms in total. The second kappa shape index (κ2) is 8.08. The Morgan fingerprint density at radius 2 is 1.47 bits per heavy atom. The van der Waals surface area contributed by atoms with Gasteiger partial charge in [-0.05, 0) is 33.0 Å². The molecule has 0 radical (unpaired) electrons. The van der Waals surface area contributed by atoms with Crippen molar-refractivity contribution in [2.24, 2.45) is 5.73 Å². The molecule has 0 spiro atoms. The van der Waals surface area contributed by atoms with E-state index in [-0.39, 0.29) is 0 Å². The maximum absolute atomic E-state index is 5.46. The van der Waals surface area contributed by atoms with Crippen molar-refractivity contribution in [1.29, 1.82) is 0 Å². The zero-order valence-electron chi connectivity index (χ0n) is 10.2. The maximum Gasteiger partial charge on any atom is 0.0110 e. The molecule has 0 atom stereocenters. The molecule has 1 saturated heterocycles. The molecule has 0 saturated carbocycles. The Labute approximate surface area is 94.6 Å². The van der Waals surface area contributed by atoms with E-state index < -0.39 is 0 Å². The Bertz CT molecular complexity index is 142. The van der Waals surface area contributed by atoms with Gasteiger partial charge in [-0.2, -0.15) is 0 Å². The molecule has 1 rings (SSSR count). The van der Waals surface area contributed by atoms with Crippen molar-refractivity contribution in [3.8, 4) is 0 Å². The van der Waals surface area contributed by atoms with E-state index in [0.29, 0.717) is 0 Å². The fourth-order valence-corrected chi connectivity index (χ4v) is 2.08. The first-order valence-electron chi connectivity index (χ1n) is 6.44. The zero-order chi connectivity index (χ0) is 10.9. The van der Waals surface area contributed by atoms with Crippen LogP contribution in [0.25, 0.3) is 0 Å². The average molecular weight is 213 g/mol. The van der Waals surface area contributed by atoms with Crippen LogP contribution in [0.5, 0.6) is 0 Å². The molecular formula is C12H27N3. The van der Waals surface area contributed by atoms with Crippen LogP contribution in [-0.2, 0) is 0 Å². The summed E-state index contributed by atoms with van der Waals surface area (Å²) in [5.74, 6) is 0. The van der Waals surface area contributed by atoms with Gasteiger partial charge in [0.1, 0.15) is 0 Å². The molecule has 0 unspecified atom stereocenters. The topological polar surface area (TPSA) is 32.5 Å². The Balaban J connectivity index is 1.87. The van der Waals surface area contributed by atoms with Gasteiger partial charge < -0.3 is 15.5 Å². The van der Waals surface area contributed by atoms with Crippen molar-refractivity contribution in [3.05, 3.63) is 0 Å². The van der Waals surface area contributed by atoms with Gasteiger partial charge in [-0.3, -0.25) is 0 Å². The summed E-state index contributed by atoms with van der Waals surface area (Å²) >= 11 is 0. The Hall–Kier alpha value is -0.120. The van der Waals surface area contributed by atoms with E-state index in [1.807, 2.05) is 0 Å². The highest BCUT2D eigenvalue weighted by molar-refractivity contribution is 4.68. The van der Waals surface area contributed by atoms with E-state index >= 15 is 0 Å². The van der Waals surface area contributed by atoms with Crippen LogP contribution in [0.3, 0.4) is 0 Å². The third kappa shape index (κ3) is 6.13. The summed E-state index contributed by atoms with van der Waals surface area (Å²) in [6.07, 6.45) is 6.64. The summed E-state index contributed by atoms with van der Waals surface area (Å²) in [6.45, 7) is 7.17. The van der Waals surface area contributed by atoms with Crippen molar-refractivity contribution in [2.45, 2.75) is 32.1 Å². The summed E-state index contributed by atoms with van der Waals surface area (Å²) in [6, 6.07) is 0. The van der Waals surface area contributed by atoms with Gasteiger partial charge in [-0.15, -0.1) is 0 Å². The summed E-state index contributed by atoms with van der Waals surface area (Å²) in [7, 11) is 2.21. The Morgan fingerprint density at radius 1 is 0.867 bits per heavy atom. The molecule has 0 aromatic carbocycles. The minimum atomic E-state index is 0.860. The van der Waals surface area contributed by atoms with Gasteiger partial charge >= 0.3 is 0 Å². The van der Waals surface area contributed by atoms with E-state index in [2.05, 4.69) is 16.8 Å². The number of likely N-dealkylation sites (N-methyl/N-ethyl adjacent to an activating group) is 1. The predicted molar refractivity (Wildman–Crippen MR) is 66.1 cm³/mol. The van der Waals surface area contributed by atoms with Gasteiger partial charge in [0, 0.05) is 26.2 Å². The highest BCUT2D eigenvalue weighted by Gasteiger charge is 2.12. The van der Waals surface area contributed by atoms with Gasteiger partial charge in [0.2, 0.25) is 0 Å². The van der Waals surface area contributed by atoms with Gasteiger partial charge in [0.15, 0.2) is 0 Å². The molecule has 1 fully saturated rings. The third-order valence-electron chi connectivity index (χ3n) is 3.27. The van der Waals surface area contributed by atoms with Crippen molar-refractivity contribution in [2.75, 3.05) is 46.3 Å². The highest BCUT2D eigenvalue weighted by Crippen LogP contribution is 2.05. The fourth-order valence-electron chi connectivity index (χ4n) is 2.08. The van der Waals surface area contributed by atoms with Gasteiger partial charge in [-0.25, -0.2) is 0 Å². The van der Waals surface area contributed by atoms with E-state index in [0.717, 1.165) is 6.54 Å². The smallest absolute Gasteiger partial charge is 0.0110 e. The first-order valence-corrected chi connectivity index (χ1v) is 6.44. The number of piperazine rings is 1. The summed E-state index contributed by atoms with van der Waals surface area (Å²) in [5.41, 5.74) is 5.46. The van der Waals surface area contributed by atoms with Crippen LogP contribution in [0.2, 0.25) is 0 Å². The number of nitrogens with zero attached hydrogens (tertiary/aromatic N) is 2. The van der Waals surface area contributed by atoms with Crippen LogP contribution in [-0.4, -0.2) is 56.1 Å². The van der Waals surface area contributed by atoms with Gasteiger partial charge in [-0.1, -0.05) is 19.3 Å². The number of rotatable bonds is 7. The Kier molecular flexibility index (Phi) is 6.98. The number of hydrogen-bond donors (Lipinski definition) is 1. The van der Waals surface area contributed by atoms with Crippen LogP contribution in [0.4, 0.5) is 0 Å². The summed E-state index contributed by atoms with van der Waals surface area (Å²) in [5, 5.41) is 0. The summed E-state index contributed by atoms with van der Waals surface area (Å²) < 4.78 is 0. The third-order valence-corrected chi connectivity index (χ3v) is 3.27. The largest absolute Gasteiger partial charge is 0.330 e. The first kappa shape index (κ1) is 12.9. The molecule has 0 aromatic heterocycles. The lowest BCUT2D eigenvalue weighted by Gasteiger charge is -2.32. The van der Waals surface area contributed by atoms with E-state index in [1.165, 1.54) is 64.8 Å². The molecule has 3 heteroatoms. The highest BCUT2D eigenvalue weighted by atomic mass is 15.2. The Morgan fingerprint density at radius 3 is 2.13 bits per heavy atom. The maximum atomic E-state index is 5.46. The molecular weight excluding hydrogens is 186 g/mol. The van der Waals surface area contributed by atoms with Crippen LogP contribution < -0.4 is 5.73 Å². The van der Waals surface area contributed by atoms with Crippen LogP contribution in [0.1, 0.15) is 32.1 Å². The second-order valence-corrected chi connectivity index (χ2v) is 4.70. The molecule has 1 aliphatic rings. The normalized spacial score (nSPS) is 19.6. The van der Waals surface area contributed by atoms with E-state index in [9.17, 15) is 0 Å². The van der Waals surface area contributed by atoms with Crippen LogP contribution in [0, 0.1) is 0 Å². The lowest BCUT2D eigenvalue weighted by Crippen LogP contribution is -2.44. The lowest BCUT2D eigenvalue weighted by molar-refractivity contribution is 0.152. The van der Waals surface area contributed by atoms with Crippen molar-refractivity contribution < 1.29 is 0 Å². The molecule has 15 heavy (non-hydrogen) atoms. The molecule has 1 aliphatic heterocycles. The number of nitrogens with two attached hydrogens (primary N) is 1. The minimum absolute atomic E-state index is 0.860. The predicted octanol–water partition coefficient (Wildman–Crippen LogP) is 1.14. The molecule has 0 amide bonds. The molecule has 90 valence electrons. The second-order valence-electron chi connectivity index (χ2n) is 4.70.